The molecule has 0 amide bonds. The van der Waals surface area contributed by atoms with Crippen molar-refractivity contribution >= 4 is 5.82 Å². The van der Waals surface area contributed by atoms with Crippen LogP contribution in [-0.2, 0) is 12.8 Å². The number of hydrogen-bond donors (Lipinski definition) is 1. The Morgan fingerprint density at radius 2 is 1.82 bits per heavy atom. The first kappa shape index (κ1) is 19.8. The van der Waals surface area contributed by atoms with Crippen LogP contribution in [0, 0.1) is 17.2 Å². The molecule has 6 nitrogen and oxygen atoms in total. The Hall–Kier alpha value is -2.94. The minimum Gasteiger partial charge on any atom is -0.496 e. The summed E-state index contributed by atoms with van der Waals surface area (Å²) < 4.78 is 16.5. The fourth-order valence-electron chi connectivity index (χ4n) is 4.14. The van der Waals surface area contributed by atoms with Crippen molar-refractivity contribution in [3.05, 3.63) is 29.0 Å². The Morgan fingerprint density at radius 1 is 1.14 bits per heavy atom. The molecule has 1 aromatic heterocycles. The van der Waals surface area contributed by atoms with E-state index < -0.39 is 0 Å². The first-order valence-electron chi connectivity index (χ1n) is 9.59. The average Bonchev–Trinajstić information content (AvgIpc) is 2.72. The predicted molar refractivity (Wildman–Crippen MR) is 109 cm³/mol. The van der Waals surface area contributed by atoms with Crippen LogP contribution in [0.25, 0.3) is 11.1 Å². The molecule has 1 heterocycles. The molecular weight excluding hydrogens is 354 g/mol. The van der Waals surface area contributed by atoms with Gasteiger partial charge in [0.2, 0.25) is 0 Å². The van der Waals surface area contributed by atoms with Crippen LogP contribution in [0.1, 0.15) is 43.0 Å². The lowest BCUT2D eigenvalue weighted by Crippen LogP contribution is -2.18. The van der Waals surface area contributed by atoms with E-state index >= 15 is 0 Å². The summed E-state index contributed by atoms with van der Waals surface area (Å²) in [5.41, 5.74) is 10.2. The number of rotatable bonds is 6. The van der Waals surface area contributed by atoms with Gasteiger partial charge in [-0.15, -0.1) is 0 Å². The van der Waals surface area contributed by atoms with Crippen molar-refractivity contribution in [1.29, 1.82) is 5.26 Å². The molecule has 1 aliphatic carbocycles. The quantitative estimate of drug-likeness (QED) is 0.809. The highest BCUT2D eigenvalue weighted by molar-refractivity contribution is 5.84. The number of benzene rings is 1. The number of nitrogen functional groups attached to an aromatic ring is 1. The molecule has 1 atom stereocenters. The fourth-order valence-corrected chi connectivity index (χ4v) is 4.14. The Morgan fingerprint density at radius 3 is 2.43 bits per heavy atom. The number of nitriles is 1. The van der Waals surface area contributed by atoms with Crippen LogP contribution in [0.3, 0.4) is 0 Å². The third kappa shape index (κ3) is 3.45. The van der Waals surface area contributed by atoms with E-state index in [0.29, 0.717) is 28.7 Å². The van der Waals surface area contributed by atoms with Crippen LogP contribution in [0.2, 0.25) is 0 Å². The second-order valence-corrected chi connectivity index (χ2v) is 7.09. The van der Waals surface area contributed by atoms with E-state index in [2.05, 4.69) is 18.0 Å². The van der Waals surface area contributed by atoms with Gasteiger partial charge in [-0.3, -0.25) is 0 Å². The van der Waals surface area contributed by atoms with E-state index in [4.69, 9.17) is 19.9 Å². The molecule has 0 bridgehead atoms. The lowest BCUT2D eigenvalue weighted by Gasteiger charge is -2.27. The molecule has 0 spiro atoms. The Labute approximate surface area is 166 Å². The van der Waals surface area contributed by atoms with Crippen LogP contribution in [0.4, 0.5) is 5.82 Å². The molecule has 1 aliphatic rings. The molecule has 1 unspecified atom stereocenters. The molecule has 28 heavy (non-hydrogen) atoms. The number of pyridine rings is 1. The highest BCUT2D eigenvalue weighted by Gasteiger charge is 2.28. The van der Waals surface area contributed by atoms with Crippen molar-refractivity contribution in [3.8, 4) is 34.4 Å². The molecule has 2 aromatic rings. The molecular formula is C22H27N3O3. The summed E-state index contributed by atoms with van der Waals surface area (Å²) in [6, 6.07) is 5.90. The van der Waals surface area contributed by atoms with Crippen LogP contribution < -0.4 is 19.9 Å². The smallest absolute Gasteiger partial charge is 0.164 e. The maximum Gasteiger partial charge on any atom is 0.164 e. The molecule has 0 saturated heterocycles. The lowest BCUT2D eigenvalue weighted by molar-refractivity contribution is 0.349. The van der Waals surface area contributed by atoms with Gasteiger partial charge in [0.05, 0.1) is 21.3 Å². The van der Waals surface area contributed by atoms with Gasteiger partial charge < -0.3 is 19.9 Å². The van der Waals surface area contributed by atoms with Gasteiger partial charge in [0, 0.05) is 22.9 Å². The average molecular weight is 381 g/mol. The van der Waals surface area contributed by atoms with E-state index in [1.807, 2.05) is 6.07 Å². The normalized spacial score (nSPS) is 15.5. The molecule has 3 rings (SSSR count). The summed E-state index contributed by atoms with van der Waals surface area (Å²) in [4.78, 5) is 4.56. The summed E-state index contributed by atoms with van der Waals surface area (Å²) >= 11 is 0. The van der Waals surface area contributed by atoms with Gasteiger partial charge in [-0.05, 0) is 36.8 Å². The summed E-state index contributed by atoms with van der Waals surface area (Å²) in [6.07, 6.45) is 5.16. The predicted octanol–water partition coefficient (Wildman–Crippen LogP) is 4.13. The number of ether oxygens (including phenoxy) is 3. The molecule has 6 heteroatoms. The standard InChI is InChI=1S/C22H27N3O3/c1-5-6-13-7-8-17-14(9-13)21(16(12-23)22(24)25-17)15-10-19(27-3)20(28-4)11-18(15)26-2/h10-11,13H,5-9H2,1-4H3,(H2,24,25). The van der Waals surface area contributed by atoms with Gasteiger partial charge >= 0.3 is 0 Å². The van der Waals surface area contributed by atoms with Gasteiger partial charge in [0.25, 0.3) is 0 Å². The van der Waals surface area contributed by atoms with Crippen molar-refractivity contribution in [2.24, 2.45) is 5.92 Å². The number of fused-ring (bicyclic) bond motifs is 1. The maximum absolute atomic E-state index is 9.86. The Kier molecular flexibility index (Phi) is 5.93. The van der Waals surface area contributed by atoms with Crippen molar-refractivity contribution < 1.29 is 14.2 Å². The first-order chi connectivity index (χ1) is 13.6. The molecule has 1 aromatic carbocycles. The zero-order valence-corrected chi connectivity index (χ0v) is 17.0. The molecule has 0 radical (unpaired) electrons. The number of aryl methyl sites for hydroxylation is 1. The van der Waals surface area contributed by atoms with Crippen LogP contribution >= 0.6 is 0 Å². The van der Waals surface area contributed by atoms with Crippen LogP contribution in [0.15, 0.2) is 12.1 Å². The molecule has 0 saturated carbocycles. The Balaban J connectivity index is 2.30. The number of aromatic nitrogens is 1. The highest BCUT2D eigenvalue weighted by Crippen LogP contribution is 2.45. The summed E-state index contributed by atoms with van der Waals surface area (Å²) in [6.45, 7) is 2.20. The Bertz CT molecular complexity index is 918. The second-order valence-electron chi connectivity index (χ2n) is 7.09. The van der Waals surface area contributed by atoms with E-state index in [1.54, 1.807) is 27.4 Å². The fraction of sp³-hybridized carbons (Fsp3) is 0.455. The summed E-state index contributed by atoms with van der Waals surface area (Å²) in [7, 11) is 4.78. The topological polar surface area (TPSA) is 90.4 Å². The number of anilines is 1. The van der Waals surface area contributed by atoms with Crippen molar-refractivity contribution in [2.45, 2.75) is 39.0 Å². The minimum absolute atomic E-state index is 0.266. The van der Waals surface area contributed by atoms with Gasteiger partial charge in [-0.2, -0.15) is 5.26 Å². The van der Waals surface area contributed by atoms with Crippen molar-refractivity contribution in [3.63, 3.8) is 0 Å². The van der Waals surface area contributed by atoms with Gasteiger partial charge in [-0.1, -0.05) is 19.8 Å². The van der Waals surface area contributed by atoms with E-state index in [-0.39, 0.29) is 5.82 Å². The van der Waals surface area contributed by atoms with Crippen LogP contribution in [-0.4, -0.2) is 26.3 Å². The molecule has 2 N–H and O–H groups in total. The van der Waals surface area contributed by atoms with Gasteiger partial charge in [-0.25, -0.2) is 4.98 Å². The third-order valence-electron chi connectivity index (χ3n) is 5.48. The van der Waals surface area contributed by atoms with Crippen molar-refractivity contribution in [2.75, 3.05) is 27.1 Å². The van der Waals surface area contributed by atoms with E-state index in [9.17, 15) is 5.26 Å². The van der Waals surface area contributed by atoms with E-state index in [0.717, 1.165) is 54.5 Å². The molecule has 0 fully saturated rings. The largest absolute Gasteiger partial charge is 0.496 e. The third-order valence-corrected chi connectivity index (χ3v) is 5.48. The number of methoxy groups -OCH3 is 3. The molecule has 148 valence electrons. The van der Waals surface area contributed by atoms with Crippen molar-refractivity contribution in [1.82, 2.24) is 4.98 Å². The maximum atomic E-state index is 9.86. The van der Waals surface area contributed by atoms with Gasteiger partial charge in [0.15, 0.2) is 11.5 Å². The van der Waals surface area contributed by atoms with Gasteiger partial charge in [0.1, 0.15) is 23.2 Å². The zero-order chi connectivity index (χ0) is 20.3. The van der Waals surface area contributed by atoms with E-state index in [1.165, 1.54) is 0 Å². The molecule has 0 aliphatic heterocycles. The lowest BCUT2D eigenvalue weighted by atomic mass is 9.79. The minimum atomic E-state index is 0.266. The highest BCUT2D eigenvalue weighted by atomic mass is 16.5. The zero-order valence-electron chi connectivity index (χ0n) is 17.0. The number of nitrogens with zero attached hydrogens (tertiary/aromatic N) is 2. The number of nitrogens with two attached hydrogens (primary N) is 1. The van der Waals surface area contributed by atoms with Crippen LogP contribution in [0.5, 0.6) is 17.2 Å². The second kappa shape index (κ2) is 8.39. The summed E-state index contributed by atoms with van der Waals surface area (Å²) in [5, 5.41) is 9.86. The first-order valence-corrected chi connectivity index (χ1v) is 9.59. The monoisotopic (exact) mass is 381 g/mol. The summed E-state index contributed by atoms with van der Waals surface area (Å²) in [5.74, 6) is 2.61. The SMILES string of the molecule is CCCC1CCc2nc(N)c(C#N)c(-c3cc(OC)c(OC)cc3OC)c2C1. The number of hydrogen-bond acceptors (Lipinski definition) is 6.